The number of furan rings is 1. The van der Waals surface area contributed by atoms with Crippen molar-refractivity contribution in [2.24, 2.45) is 0 Å². The van der Waals surface area contributed by atoms with E-state index in [1.165, 1.54) is 98.0 Å². The predicted molar refractivity (Wildman–Crippen MR) is 204 cm³/mol. The van der Waals surface area contributed by atoms with Gasteiger partial charge in [-0.2, -0.15) is 0 Å². The zero-order valence-electron chi connectivity index (χ0n) is 26.8. The third kappa shape index (κ3) is 3.31. The molecule has 0 aliphatic heterocycles. The minimum absolute atomic E-state index is 0.0757. The number of hydrogen-bond acceptors (Lipinski definition) is 1. The van der Waals surface area contributed by atoms with Crippen LogP contribution in [0.5, 0.6) is 0 Å². The van der Waals surface area contributed by atoms with E-state index in [0.717, 1.165) is 11.2 Å². The van der Waals surface area contributed by atoms with Crippen LogP contribution in [0.4, 0.5) is 0 Å². The van der Waals surface area contributed by atoms with Gasteiger partial charge in [0, 0.05) is 16.2 Å². The van der Waals surface area contributed by atoms with Crippen molar-refractivity contribution in [3.63, 3.8) is 0 Å². The van der Waals surface area contributed by atoms with Crippen LogP contribution in [-0.2, 0) is 5.41 Å². The van der Waals surface area contributed by atoms with Gasteiger partial charge in [0.1, 0.15) is 11.2 Å². The number of rotatable bonds is 1. The second-order valence-electron chi connectivity index (χ2n) is 14.0. The van der Waals surface area contributed by atoms with Gasteiger partial charge in [-0.3, -0.25) is 0 Å². The van der Waals surface area contributed by atoms with Crippen molar-refractivity contribution in [3.8, 4) is 22.3 Å². The molecule has 10 aromatic rings. The van der Waals surface area contributed by atoms with E-state index in [4.69, 9.17) is 4.42 Å². The normalized spacial score (nSPS) is 13.8. The molecule has 1 aliphatic rings. The molecule has 1 heterocycles. The highest BCUT2D eigenvalue weighted by Gasteiger charge is 2.37. The molecule has 0 unspecified atom stereocenters. The van der Waals surface area contributed by atoms with Crippen LogP contribution in [0.25, 0.3) is 98.1 Å². The van der Waals surface area contributed by atoms with Crippen molar-refractivity contribution < 1.29 is 4.42 Å². The number of benzene rings is 9. The monoisotopic (exact) mass is 610 g/mol. The Labute approximate surface area is 277 Å². The number of fused-ring (bicyclic) bond motifs is 16. The molecule has 11 rings (SSSR count). The molecule has 1 nitrogen and oxygen atoms in total. The summed E-state index contributed by atoms with van der Waals surface area (Å²) in [5.74, 6) is 0. The first-order valence-corrected chi connectivity index (χ1v) is 16.8. The molecule has 0 spiro atoms. The Bertz CT molecular complexity index is 3030. The molecule has 0 radical (unpaired) electrons. The highest BCUT2D eigenvalue weighted by molar-refractivity contribution is 6.30. The summed E-state index contributed by atoms with van der Waals surface area (Å²) in [5.41, 5.74) is 9.88. The highest BCUT2D eigenvalue weighted by atomic mass is 16.3. The van der Waals surface area contributed by atoms with Gasteiger partial charge in [0.15, 0.2) is 0 Å². The Hall–Kier alpha value is -5.92. The lowest BCUT2D eigenvalue weighted by Gasteiger charge is -2.23. The van der Waals surface area contributed by atoms with Gasteiger partial charge in [-0.25, -0.2) is 0 Å². The molecule has 0 N–H and O–H groups in total. The van der Waals surface area contributed by atoms with Crippen molar-refractivity contribution in [1.82, 2.24) is 0 Å². The highest BCUT2D eigenvalue weighted by Crippen LogP contribution is 2.53. The molecule has 1 aliphatic carbocycles. The van der Waals surface area contributed by atoms with E-state index in [2.05, 4.69) is 159 Å². The molecule has 224 valence electrons. The summed E-state index contributed by atoms with van der Waals surface area (Å²) in [6, 6.07) is 53.9. The lowest BCUT2D eigenvalue weighted by Crippen LogP contribution is -2.15. The van der Waals surface area contributed by atoms with Gasteiger partial charge in [0.25, 0.3) is 0 Å². The topological polar surface area (TPSA) is 13.1 Å². The molecule has 0 atom stereocenters. The Balaban J connectivity index is 1.22. The SMILES string of the molecule is CC1(C)c2ccccc2-c2c1cc(-c1ccc3c(c1)c1ccccc1c1cc4c(cc31)oc1ccc3ccccc3c14)c1ccccc21. The second-order valence-corrected chi connectivity index (χ2v) is 14.0. The summed E-state index contributed by atoms with van der Waals surface area (Å²) in [6.07, 6.45) is 0. The molecule has 48 heavy (non-hydrogen) atoms. The van der Waals surface area contributed by atoms with Crippen LogP contribution in [0, 0.1) is 0 Å². The first-order chi connectivity index (χ1) is 23.6. The van der Waals surface area contributed by atoms with Crippen LogP contribution in [0.2, 0.25) is 0 Å². The van der Waals surface area contributed by atoms with E-state index in [-0.39, 0.29) is 5.41 Å². The average molecular weight is 611 g/mol. The van der Waals surface area contributed by atoms with E-state index in [0.29, 0.717) is 0 Å². The van der Waals surface area contributed by atoms with Crippen molar-refractivity contribution in [3.05, 3.63) is 157 Å². The Morgan fingerprint density at radius 2 is 1.04 bits per heavy atom. The summed E-state index contributed by atoms with van der Waals surface area (Å²) in [5, 5.41) is 15.0. The van der Waals surface area contributed by atoms with E-state index < -0.39 is 0 Å². The van der Waals surface area contributed by atoms with Gasteiger partial charge in [0.05, 0.1) is 0 Å². The zero-order valence-corrected chi connectivity index (χ0v) is 26.8. The zero-order chi connectivity index (χ0) is 31.7. The van der Waals surface area contributed by atoms with E-state index in [1.807, 2.05) is 0 Å². The van der Waals surface area contributed by atoms with Crippen LogP contribution in [0.15, 0.2) is 150 Å². The molecule has 0 saturated carbocycles. The molecule has 1 heteroatoms. The minimum Gasteiger partial charge on any atom is -0.456 e. The summed E-state index contributed by atoms with van der Waals surface area (Å²) >= 11 is 0. The summed E-state index contributed by atoms with van der Waals surface area (Å²) < 4.78 is 6.56. The van der Waals surface area contributed by atoms with Crippen molar-refractivity contribution in [1.29, 1.82) is 0 Å². The molecular formula is C47H30O. The maximum atomic E-state index is 6.56. The Kier molecular flexibility index (Phi) is 4.97. The summed E-state index contributed by atoms with van der Waals surface area (Å²) in [4.78, 5) is 0. The predicted octanol–water partition coefficient (Wildman–Crippen LogP) is 13.3. The van der Waals surface area contributed by atoms with Crippen LogP contribution < -0.4 is 0 Å². The van der Waals surface area contributed by atoms with Gasteiger partial charge >= 0.3 is 0 Å². The van der Waals surface area contributed by atoms with Crippen LogP contribution >= 0.6 is 0 Å². The minimum atomic E-state index is -0.0757. The second kappa shape index (κ2) is 9.12. The fraction of sp³-hybridized carbons (Fsp3) is 0.0638. The van der Waals surface area contributed by atoms with Gasteiger partial charge in [-0.05, 0) is 118 Å². The molecule has 0 amide bonds. The van der Waals surface area contributed by atoms with Gasteiger partial charge < -0.3 is 4.42 Å². The Morgan fingerprint density at radius 3 is 1.88 bits per heavy atom. The van der Waals surface area contributed by atoms with E-state index in [1.54, 1.807) is 0 Å². The van der Waals surface area contributed by atoms with Gasteiger partial charge in [-0.1, -0.05) is 129 Å². The van der Waals surface area contributed by atoms with Crippen LogP contribution in [0.1, 0.15) is 25.0 Å². The molecule has 0 fully saturated rings. The molecule has 0 bridgehead atoms. The average Bonchev–Trinajstić information content (AvgIpc) is 3.62. The lowest BCUT2D eigenvalue weighted by atomic mass is 9.80. The Morgan fingerprint density at radius 1 is 0.396 bits per heavy atom. The maximum absolute atomic E-state index is 6.56. The number of hydrogen-bond donors (Lipinski definition) is 0. The summed E-state index contributed by atoms with van der Waals surface area (Å²) in [6.45, 7) is 4.75. The van der Waals surface area contributed by atoms with Gasteiger partial charge in [-0.15, -0.1) is 0 Å². The first-order valence-electron chi connectivity index (χ1n) is 16.8. The fourth-order valence-electron chi connectivity index (χ4n) is 8.95. The van der Waals surface area contributed by atoms with Gasteiger partial charge in [0.2, 0.25) is 0 Å². The fourth-order valence-corrected chi connectivity index (χ4v) is 8.95. The van der Waals surface area contributed by atoms with Crippen LogP contribution in [0.3, 0.4) is 0 Å². The third-order valence-electron chi connectivity index (χ3n) is 11.2. The van der Waals surface area contributed by atoms with Crippen LogP contribution in [-0.4, -0.2) is 0 Å². The lowest BCUT2D eigenvalue weighted by molar-refractivity contribution is 0.661. The first kappa shape index (κ1) is 26.2. The molecular weight excluding hydrogens is 581 g/mol. The molecule has 0 saturated heterocycles. The van der Waals surface area contributed by atoms with E-state index >= 15 is 0 Å². The molecule has 1 aromatic heterocycles. The van der Waals surface area contributed by atoms with Crippen molar-refractivity contribution in [2.45, 2.75) is 19.3 Å². The smallest absolute Gasteiger partial charge is 0.136 e. The maximum Gasteiger partial charge on any atom is 0.136 e. The quantitative estimate of drug-likeness (QED) is 0.169. The largest absolute Gasteiger partial charge is 0.456 e. The molecule has 9 aromatic carbocycles. The van der Waals surface area contributed by atoms with Crippen molar-refractivity contribution in [2.75, 3.05) is 0 Å². The van der Waals surface area contributed by atoms with E-state index in [9.17, 15) is 0 Å². The summed E-state index contributed by atoms with van der Waals surface area (Å²) in [7, 11) is 0. The standard InChI is InChI=1S/C47H30O/c1-47(2)41-18-10-9-17-35(41)45-34-16-8-7-15-32(34)36(25-42(45)47)28-19-21-33-37(23-28)30-13-5-6-14-31(30)38-24-40-44(26-39(33)38)48-43-22-20-27-11-3-4-12-29(27)46(40)43/h3-26H,1-2H3. The van der Waals surface area contributed by atoms with Crippen molar-refractivity contribution >= 4 is 75.8 Å². The third-order valence-corrected chi connectivity index (χ3v) is 11.2.